The molecule has 9 nitrogen and oxygen atoms in total. The van der Waals surface area contributed by atoms with E-state index in [4.69, 9.17) is 18.6 Å². The second-order valence-electron chi connectivity index (χ2n) is 9.55. The summed E-state index contributed by atoms with van der Waals surface area (Å²) < 4.78 is 63.3. The van der Waals surface area contributed by atoms with Crippen LogP contribution in [0.4, 0.5) is 8.78 Å². The summed E-state index contributed by atoms with van der Waals surface area (Å²) in [6, 6.07) is 7.59. The number of rotatable bonds is 3. The van der Waals surface area contributed by atoms with Crippen LogP contribution in [-0.2, 0) is 5.60 Å². The Morgan fingerprint density at radius 2 is 2.14 bits per heavy atom. The molecule has 0 fully saturated rings. The van der Waals surface area contributed by atoms with Gasteiger partial charge in [0.1, 0.15) is 40.7 Å². The second kappa shape index (κ2) is 7.45. The first-order valence-electron chi connectivity index (χ1n) is 13.1. The van der Waals surface area contributed by atoms with Crippen molar-refractivity contribution in [2.24, 2.45) is 0 Å². The summed E-state index contributed by atoms with van der Waals surface area (Å²) in [7, 11) is 0. The van der Waals surface area contributed by atoms with E-state index in [-0.39, 0.29) is 35.7 Å². The number of pyridine rings is 2. The van der Waals surface area contributed by atoms with Crippen molar-refractivity contribution in [1.82, 2.24) is 24.4 Å². The van der Waals surface area contributed by atoms with Crippen LogP contribution in [0.5, 0.6) is 11.5 Å². The number of imidazole rings is 1. The van der Waals surface area contributed by atoms with Gasteiger partial charge in [-0.15, -0.1) is 0 Å². The number of fused-ring (bicyclic) bond motifs is 10. The third-order valence-corrected chi connectivity index (χ3v) is 7.16. The van der Waals surface area contributed by atoms with Crippen molar-refractivity contribution in [1.29, 1.82) is 0 Å². The molecule has 3 aromatic heterocycles. The van der Waals surface area contributed by atoms with E-state index in [1.165, 1.54) is 18.2 Å². The van der Waals surface area contributed by atoms with Crippen molar-refractivity contribution >= 4 is 17.1 Å². The van der Waals surface area contributed by atoms with Gasteiger partial charge in [-0.05, 0) is 37.3 Å². The molecule has 1 amide bonds. The minimum absolute atomic E-state index is 0.0301. The fourth-order valence-electron chi connectivity index (χ4n) is 5.51. The zero-order valence-electron chi connectivity index (χ0n) is 22.4. The standard InChI is InChI=1S/C26H21F2N5O4/c1-26(35)11-36-19-8-12(10-29-21(19)26)14-6-7-15-22(30-14)33-16-9-17(23(33)31-15)32(2)24(34)13-4-3-5-18(20(13)16)37-25(27)28/h3-8,10,16-17,25,35H,9,11H2,1-2H3/t16-,17-,26?/m1/s1/i2D3. The molecule has 4 aromatic rings. The van der Waals surface area contributed by atoms with Crippen LogP contribution in [-0.4, -0.2) is 55.6 Å². The quantitative estimate of drug-likeness (QED) is 0.449. The topological polar surface area (TPSA) is 103 Å². The normalized spacial score (nSPS) is 25.2. The minimum Gasteiger partial charge on any atom is -0.488 e. The van der Waals surface area contributed by atoms with Crippen LogP contribution in [0.25, 0.3) is 22.4 Å². The minimum atomic E-state index is -3.15. The van der Waals surface area contributed by atoms with Gasteiger partial charge in [0.2, 0.25) is 0 Å². The zero-order chi connectivity index (χ0) is 28.1. The van der Waals surface area contributed by atoms with Crippen LogP contribution in [0.15, 0.2) is 42.6 Å². The van der Waals surface area contributed by atoms with Gasteiger partial charge in [-0.2, -0.15) is 8.78 Å². The SMILES string of the molecule is [2H]C([2H])([2H])N1C(=O)c2cccc(OC(F)F)c2[C@H]2C[C@@H]1c1nc3ccc(-c4cnc5c(c4)OCC5(C)O)nc3n12. The van der Waals surface area contributed by atoms with E-state index in [0.29, 0.717) is 33.9 Å². The summed E-state index contributed by atoms with van der Waals surface area (Å²) in [4.78, 5) is 28.2. The molecule has 1 aromatic carbocycles. The van der Waals surface area contributed by atoms with E-state index in [9.17, 15) is 18.7 Å². The summed E-state index contributed by atoms with van der Waals surface area (Å²) >= 11 is 0. The van der Waals surface area contributed by atoms with E-state index < -0.39 is 37.2 Å². The number of ether oxygens (including phenoxy) is 2. The van der Waals surface area contributed by atoms with Crippen LogP contribution in [0, 0.1) is 0 Å². The summed E-state index contributed by atoms with van der Waals surface area (Å²) in [5, 5.41) is 10.5. The molecule has 1 N–H and O–H groups in total. The summed E-state index contributed by atoms with van der Waals surface area (Å²) in [6.45, 7) is -4.29. The average Bonchev–Trinajstić information content (AvgIpc) is 3.49. The molecule has 0 radical (unpaired) electrons. The summed E-state index contributed by atoms with van der Waals surface area (Å²) in [5.74, 6) is -0.299. The number of aromatic nitrogens is 4. The van der Waals surface area contributed by atoms with Crippen molar-refractivity contribution < 1.29 is 32.3 Å². The molecule has 11 heteroatoms. The monoisotopic (exact) mass is 508 g/mol. The van der Waals surface area contributed by atoms with Gasteiger partial charge >= 0.3 is 6.61 Å². The predicted molar refractivity (Wildman–Crippen MR) is 126 cm³/mol. The maximum Gasteiger partial charge on any atom is 0.387 e. The third-order valence-electron chi connectivity index (χ3n) is 7.16. The molecule has 3 aliphatic rings. The Kier molecular flexibility index (Phi) is 3.84. The molecule has 0 spiro atoms. The van der Waals surface area contributed by atoms with E-state index in [0.717, 1.165) is 4.90 Å². The lowest BCUT2D eigenvalue weighted by molar-refractivity contribution is -0.0507. The maximum atomic E-state index is 13.5. The molecule has 1 unspecified atom stereocenters. The fraction of sp³-hybridized carbons (Fsp3) is 0.308. The van der Waals surface area contributed by atoms with Crippen molar-refractivity contribution in [3.05, 3.63) is 65.2 Å². The van der Waals surface area contributed by atoms with E-state index >= 15 is 0 Å². The van der Waals surface area contributed by atoms with E-state index in [1.807, 2.05) is 0 Å². The summed E-state index contributed by atoms with van der Waals surface area (Å²) in [6.07, 6.45) is 1.66. The number of amides is 1. The van der Waals surface area contributed by atoms with Gasteiger partial charge in [-0.3, -0.25) is 9.78 Å². The number of carbonyl (C=O) groups is 1. The molecule has 0 aliphatic carbocycles. The average molecular weight is 508 g/mol. The molecule has 3 atom stereocenters. The molecule has 3 aliphatic heterocycles. The number of nitrogens with zero attached hydrogens (tertiary/aromatic N) is 5. The molecular formula is C26H21F2N5O4. The van der Waals surface area contributed by atoms with Gasteiger partial charge in [0.15, 0.2) is 5.65 Å². The summed E-state index contributed by atoms with van der Waals surface area (Å²) in [5.41, 5.74) is 1.27. The number of aliphatic hydroxyl groups is 1. The first kappa shape index (κ1) is 19.1. The predicted octanol–water partition coefficient (Wildman–Crippen LogP) is 3.81. The largest absolute Gasteiger partial charge is 0.488 e. The number of benzene rings is 1. The number of halogens is 2. The van der Waals surface area contributed by atoms with Gasteiger partial charge in [0, 0.05) is 40.4 Å². The van der Waals surface area contributed by atoms with Crippen molar-refractivity contribution in [2.75, 3.05) is 13.6 Å². The highest BCUT2D eigenvalue weighted by Crippen LogP contribution is 2.50. The highest BCUT2D eigenvalue weighted by Gasteiger charge is 2.45. The highest BCUT2D eigenvalue weighted by molar-refractivity contribution is 5.97. The van der Waals surface area contributed by atoms with Gasteiger partial charge in [0.25, 0.3) is 5.91 Å². The van der Waals surface area contributed by atoms with Crippen molar-refractivity contribution in [2.45, 2.75) is 37.6 Å². The van der Waals surface area contributed by atoms with Gasteiger partial charge < -0.3 is 24.0 Å². The number of hydrogen-bond acceptors (Lipinski definition) is 7. The Balaban J connectivity index is 1.43. The fourth-order valence-corrected chi connectivity index (χ4v) is 5.51. The smallest absolute Gasteiger partial charge is 0.387 e. The molecule has 0 saturated carbocycles. The molecule has 2 bridgehead atoms. The van der Waals surface area contributed by atoms with E-state index in [1.54, 1.807) is 35.9 Å². The first-order chi connectivity index (χ1) is 18.9. The Labute approximate surface area is 213 Å². The van der Waals surface area contributed by atoms with Crippen LogP contribution in [0.3, 0.4) is 0 Å². The molecule has 6 heterocycles. The zero-order valence-corrected chi connectivity index (χ0v) is 19.4. The van der Waals surface area contributed by atoms with Gasteiger partial charge in [-0.25, -0.2) is 9.97 Å². The van der Waals surface area contributed by atoms with Crippen molar-refractivity contribution in [3.63, 3.8) is 0 Å². The number of alkyl halides is 2. The van der Waals surface area contributed by atoms with Crippen molar-refractivity contribution in [3.8, 4) is 22.8 Å². The first-order valence-corrected chi connectivity index (χ1v) is 11.6. The van der Waals surface area contributed by atoms with E-state index in [2.05, 4.69) is 9.97 Å². The molecule has 7 rings (SSSR count). The Morgan fingerprint density at radius 3 is 2.95 bits per heavy atom. The number of carbonyl (C=O) groups excluding carboxylic acids is 1. The Morgan fingerprint density at radius 1 is 1.27 bits per heavy atom. The van der Waals surface area contributed by atoms with Gasteiger partial charge in [-0.1, -0.05) is 6.07 Å². The lowest BCUT2D eigenvalue weighted by Crippen LogP contribution is -2.30. The lowest BCUT2D eigenvalue weighted by Gasteiger charge is -2.24. The molecule has 37 heavy (non-hydrogen) atoms. The highest BCUT2D eigenvalue weighted by atomic mass is 19.3. The molecular weight excluding hydrogens is 484 g/mol. The van der Waals surface area contributed by atoms with Crippen LogP contribution in [0.1, 0.15) is 57.0 Å². The number of hydrogen-bond donors (Lipinski definition) is 1. The lowest BCUT2D eigenvalue weighted by atomic mass is 9.98. The Hall–Kier alpha value is -4.12. The van der Waals surface area contributed by atoms with Crippen LogP contribution in [0.2, 0.25) is 0 Å². The third kappa shape index (κ3) is 3.10. The van der Waals surface area contributed by atoms with Crippen LogP contribution < -0.4 is 9.47 Å². The van der Waals surface area contributed by atoms with Gasteiger partial charge in [0.05, 0.1) is 17.8 Å². The molecule has 188 valence electrons. The maximum absolute atomic E-state index is 13.5. The Bertz CT molecular complexity index is 1720. The van der Waals surface area contributed by atoms with Crippen LogP contribution >= 0.6 is 0 Å². The second-order valence-corrected chi connectivity index (χ2v) is 9.55. The molecule has 0 saturated heterocycles.